The third-order valence-electron chi connectivity index (χ3n) is 2.56. The minimum atomic E-state index is 0.521. The first kappa shape index (κ1) is 13.3. The second kappa shape index (κ2) is 6.17. The van der Waals surface area contributed by atoms with E-state index in [4.69, 9.17) is 4.52 Å². The van der Waals surface area contributed by atoms with E-state index < -0.39 is 0 Å². The molecule has 0 saturated heterocycles. The number of rotatable bonds is 6. The van der Waals surface area contributed by atoms with Crippen LogP contribution in [0.15, 0.2) is 16.7 Å². The number of unbranched alkanes of at least 4 members (excludes halogenated alkanes) is 1. The summed E-state index contributed by atoms with van der Waals surface area (Å²) in [6.07, 6.45) is 2.27. The maximum atomic E-state index is 4.99. The van der Waals surface area contributed by atoms with E-state index in [0.29, 0.717) is 11.8 Å². The molecule has 0 unspecified atom stereocenters. The standard InChI is InChI=1S/C13H19N5O/c1-4-5-6-14-11-7-9(2)15-13(16-11)17-12-8-10(3)19-18-12/h7-8H,4-6H2,1-3H3,(H2,14,15,16,17,18). The summed E-state index contributed by atoms with van der Waals surface area (Å²) >= 11 is 0. The summed E-state index contributed by atoms with van der Waals surface area (Å²) in [5, 5.41) is 10.2. The smallest absolute Gasteiger partial charge is 0.230 e. The zero-order valence-electron chi connectivity index (χ0n) is 11.5. The van der Waals surface area contributed by atoms with Gasteiger partial charge < -0.3 is 15.2 Å². The summed E-state index contributed by atoms with van der Waals surface area (Å²) < 4.78 is 4.99. The molecule has 0 aliphatic heterocycles. The van der Waals surface area contributed by atoms with E-state index in [-0.39, 0.29) is 0 Å². The Hall–Kier alpha value is -2.11. The predicted molar refractivity (Wildman–Crippen MR) is 74.7 cm³/mol. The average molecular weight is 261 g/mol. The number of aryl methyl sites for hydroxylation is 2. The first-order valence-corrected chi connectivity index (χ1v) is 6.47. The highest BCUT2D eigenvalue weighted by Gasteiger charge is 2.05. The van der Waals surface area contributed by atoms with Crippen molar-refractivity contribution >= 4 is 17.6 Å². The summed E-state index contributed by atoms with van der Waals surface area (Å²) in [6, 6.07) is 3.73. The zero-order chi connectivity index (χ0) is 13.7. The molecule has 2 N–H and O–H groups in total. The fraction of sp³-hybridized carbons (Fsp3) is 0.462. The van der Waals surface area contributed by atoms with Crippen LogP contribution in [0.5, 0.6) is 0 Å². The van der Waals surface area contributed by atoms with Gasteiger partial charge >= 0.3 is 0 Å². The van der Waals surface area contributed by atoms with Crippen molar-refractivity contribution in [3.05, 3.63) is 23.6 Å². The van der Waals surface area contributed by atoms with E-state index >= 15 is 0 Å². The lowest BCUT2D eigenvalue weighted by Crippen LogP contribution is -2.06. The molecule has 0 bridgehead atoms. The lowest BCUT2D eigenvalue weighted by molar-refractivity contribution is 0.400. The van der Waals surface area contributed by atoms with Gasteiger partial charge in [0.1, 0.15) is 11.6 Å². The summed E-state index contributed by atoms with van der Waals surface area (Å²) in [4.78, 5) is 8.72. The molecule has 6 nitrogen and oxygen atoms in total. The molecule has 102 valence electrons. The lowest BCUT2D eigenvalue weighted by atomic mass is 10.3. The number of hydrogen-bond acceptors (Lipinski definition) is 6. The van der Waals surface area contributed by atoms with Crippen LogP contribution < -0.4 is 10.6 Å². The Bertz CT molecular complexity index is 538. The second-order valence-corrected chi connectivity index (χ2v) is 4.45. The van der Waals surface area contributed by atoms with Crippen molar-refractivity contribution in [1.29, 1.82) is 0 Å². The maximum Gasteiger partial charge on any atom is 0.230 e. The number of nitrogens with one attached hydrogen (secondary N) is 2. The molecule has 0 fully saturated rings. The molecule has 2 rings (SSSR count). The molecule has 6 heteroatoms. The van der Waals surface area contributed by atoms with Gasteiger partial charge in [0.15, 0.2) is 5.82 Å². The number of aromatic nitrogens is 3. The van der Waals surface area contributed by atoms with E-state index in [0.717, 1.165) is 36.7 Å². The Morgan fingerprint density at radius 2 is 2.00 bits per heavy atom. The normalized spacial score (nSPS) is 10.5. The van der Waals surface area contributed by atoms with Crippen LogP contribution in [0.25, 0.3) is 0 Å². The average Bonchev–Trinajstić information content (AvgIpc) is 2.74. The number of anilines is 3. The van der Waals surface area contributed by atoms with E-state index in [2.05, 4.69) is 32.7 Å². The first-order chi connectivity index (χ1) is 9.17. The summed E-state index contributed by atoms with van der Waals surface area (Å²) in [5.41, 5.74) is 0.900. The van der Waals surface area contributed by atoms with E-state index in [1.54, 1.807) is 6.07 Å². The Balaban J connectivity index is 2.07. The van der Waals surface area contributed by atoms with Crippen LogP contribution >= 0.6 is 0 Å². The van der Waals surface area contributed by atoms with Crippen LogP contribution in [0.1, 0.15) is 31.2 Å². The van der Waals surface area contributed by atoms with Crippen LogP contribution in [0.3, 0.4) is 0 Å². The van der Waals surface area contributed by atoms with Gasteiger partial charge in [-0.1, -0.05) is 18.5 Å². The SMILES string of the molecule is CCCCNc1cc(C)nc(Nc2cc(C)on2)n1. The van der Waals surface area contributed by atoms with Crippen molar-refractivity contribution < 1.29 is 4.52 Å². The Morgan fingerprint density at radius 3 is 2.68 bits per heavy atom. The molecule has 0 atom stereocenters. The molecule has 2 aromatic heterocycles. The lowest BCUT2D eigenvalue weighted by Gasteiger charge is -2.08. The van der Waals surface area contributed by atoms with Crippen LogP contribution in [0.2, 0.25) is 0 Å². The Kier molecular flexibility index (Phi) is 4.33. The summed E-state index contributed by atoms with van der Waals surface area (Å²) in [5.74, 6) is 2.70. The fourth-order valence-corrected chi connectivity index (χ4v) is 1.65. The molecule has 2 aromatic rings. The minimum absolute atomic E-state index is 0.521. The number of nitrogens with zero attached hydrogens (tertiary/aromatic N) is 3. The molecule has 0 radical (unpaired) electrons. The van der Waals surface area contributed by atoms with Gasteiger partial charge in [0.25, 0.3) is 0 Å². The van der Waals surface area contributed by atoms with Crippen molar-refractivity contribution in [2.75, 3.05) is 17.2 Å². The Morgan fingerprint density at radius 1 is 1.16 bits per heavy atom. The van der Waals surface area contributed by atoms with Gasteiger partial charge in [0.2, 0.25) is 5.95 Å². The van der Waals surface area contributed by atoms with Crippen molar-refractivity contribution in [3.8, 4) is 0 Å². The summed E-state index contributed by atoms with van der Waals surface area (Å²) in [7, 11) is 0. The van der Waals surface area contributed by atoms with E-state index in [1.165, 1.54) is 0 Å². The molecule has 0 spiro atoms. The third kappa shape index (κ3) is 3.94. The first-order valence-electron chi connectivity index (χ1n) is 6.47. The molecule has 0 amide bonds. The second-order valence-electron chi connectivity index (χ2n) is 4.45. The predicted octanol–water partition coefficient (Wildman–Crippen LogP) is 3.04. The van der Waals surface area contributed by atoms with Crippen LogP contribution in [0.4, 0.5) is 17.6 Å². The third-order valence-corrected chi connectivity index (χ3v) is 2.56. The minimum Gasteiger partial charge on any atom is -0.370 e. The summed E-state index contributed by atoms with van der Waals surface area (Å²) in [6.45, 7) is 6.85. The van der Waals surface area contributed by atoms with Crippen molar-refractivity contribution in [1.82, 2.24) is 15.1 Å². The Labute approximate surface area is 112 Å². The van der Waals surface area contributed by atoms with Gasteiger partial charge in [-0.15, -0.1) is 0 Å². The van der Waals surface area contributed by atoms with Crippen molar-refractivity contribution in [2.24, 2.45) is 0 Å². The largest absolute Gasteiger partial charge is 0.370 e. The molecule has 0 saturated carbocycles. The zero-order valence-corrected chi connectivity index (χ0v) is 11.5. The van der Waals surface area contributed by atoms with Gasteiger partial charge in [-0.3, -0.25) is 0 Å². The molecule has 0 aliphatic rings. The van der Waals surface area contributed by atoms with Gasteiger partial charge in [-0.25, -0.2) is 4.98 Å². The monoisotopic (exact) mass is 261 g/mol. The molecule has 19 heavy (non-hydrogen) atoms. The van der Waals surface area contributed by atoms with Crippen LogP contribution in [-0.2, 0) is 0 Å². The molecule has 0 aromatic carbocycles. The van der Waals surface area contributed by atoms with E-state index in [9.17, 15) is 0 Å². The van der Waals surface area contributed by atoms with Crippen LogP contribution in [-0.4, -0.2) is 21.7 Å². The van der Waals surface area contributed by atoms with Crippen molar-refractivity contribution in [2.45, 2.75) is 33.6 Å². The molecule has 2 heterocycles. The molecular weight excluding hydrogens is 242 g/mol. The van der Waals surface area contributed by atoms with Gasteiger partial charge in [0.05, 0.1) is 0 Å². The van der Waals surface area contributed by atoms with E-state index in [1.807, 2.05) is 19.9 Å². The van der Waals surface area contributed by atoms with Gasteiger partial charge in [0, 0.05) is 24.4 Å². The number of hydrogen-bond donors (Lipinski definition) is 2. The highest BCUT2D eigenvalue weighted by Crippen LogP contribution is 2.15. The van der Waals surface area contributed by atoms with Crippen molar-refractivity contribution in [3.63, 3.8) is 0 Å². The highest BCUT2D eigenvalue weighted by atomic mass is 16.5. The highest BCUT2D eigenvalue weighted by molar-refractivity contribution is 5.50. The topological polar surface area (TPSA) is 75.9 Å². The van der Waals surface area contributed by atoms with Gasteiger partial charge in [-0.2, -0.15) is 4.98 Å². The molecular formula is C13H19N5O. The van der Waals surface area contributed by atoms with Gasteiger partial charge in [-0.05, 0) is 20.3 Å². The molecule has 0 aliphatic carbocycles. The quantitative estimate of drug-likeness (QED) is 0.778. The van der Waals surface area contributed by atoms with Crippen LogP contribution in [0, 0.1) is 13.8 Å². The fourth-order valence-electron chi connectivity index (χ4n) is 1.65. The maximum absolute atomic E-state index is 4.99.